The van der Waals surface area contributed by atoms with Crippen molar-refractivity contribution < 1.29 is 9.53 Å². The van der Waals surface area contributed by atoms with Crippen molar-refractivity contribution in [2.24, 2.45) is 0 Å². The third-order valence-electron chi connectivity index (χ3n) is 2.90. The van der Waals surface area contributed by atoms with Crippen molar-refractivity contribution in [2.75, 3.05) is 31.6 Å². The number of anilines is 1. The zero-order valence-electron chi connectivity index (χ0n) is 10.9. The Balaban J connectivity index is 1.51. The van der Waals surface area contributed by atoms with Gasteiger partial charge in [-0.15, -0.1) is 0 Å². The third kappa shape index (κ3) is 5.13. The van der Waals surface area contributed by atoms with Gasteiger partial charge in [0, 0.05) is 32.4 Å². The van der Waals surface area contributed by atoms with Gasteiger partial charge in [0.1, 0.15) is 5.82 Å². The van der Waals surface area contributed by atoms with E-state index in [2.05, 4.69) is 20.9 Å². The Labute approximate surface area is 112 Å². The lowest BCUT2D eigenvalue weighted by Crippen LogP contribution is -2.41. The molecule has 1 saturated heterocycles. The second-order valence-corrected chi connectivity index (χ2v) is 4.41. The highest BCUT2D eigenvalue weighted by molar-refractivity contribution is 5.73. The van der Waals surface area contributed by atoms with Crippen LogP contribution in [0.4, 0.5) is 10.6 Å². The molecule has 1 aromatic rings. The lowest BCUT2D eigenvalue weighted by atomic mass is 10.2. The number of amides is 2. The second kappa shape index (κ2) is 7.58. The molecule has 1 aliphatic heterocycles. The average molecular weight is 264 g/mol. The maximum absolute atomic E-state index is 11.5. The largest absolute Gasteiger partial charge is 0.376 e. The molecular formula is C13H20N4O2. The van der Waals surface area contributed by atoms with Crippen molar-refractivity contribution in [2.45, 2.75) is 18.9 Å². The Bertz CT molecular complexity index is 379. The van der Waals surface area contributed by atoms with E-state index in [1.54, 1.807) is 6.20 Å². The van der Waals surface area contributed by atoms with Gasteiger partial charge < -0.3 is 20.7 Å². The summed E-state index contributed by atoms with van der Waals surface area (Å²) in [6.45, 7) is 2.58. The molecule has 0 saturated carbocycles. The molecule has 3 N–H and O–H groups in total. The van der Waals surface area contributed by atoms with E-state index >= 15 is 0 Å². The van der Waals surface area contributed by atoms with Gasteiger partial charge in [0.2, 0.25) is 0 Å². The van der Waals surface area contributed by atoms with Gasteiger partial charge in [0.15, 0.2) is 0 Å². The normalized spacial score (nSPS) is 18.0. The zero-order valence-corrected chi connectivity index (χ0v) is 10.9. The predicted molar refractivity (Wildman–Crippen MR) is 73.1 cm³/mol. The first-order chi connectivity index (χ1) is 9.34. The fourth-order valence-electron chi connectivity index (χ4n) is 1.91. The minimum atomic E-state index is -0.154. The number of ether oxygens (including phenoxy) is 1. The molecule has 0 bridgehead atoms. The Morgan fingerprint density at radius 2 is 2.32 bits per heavy atom. The minimum Gasteiger partial charge on any atom is -0.376 e. The molecule has 6 nitrogen and oxygen atoms in total. The highest BCUT2D eigenvalue weighted by atomic mass is 16.5. The van der Waals surface area contributed by atoms with Crippen LogP contribution < -0.4 is 16.0 Å². The lowest BCUT2D eigenvalue weighted by Gasteiger charge is -2.12. The van der Waals surface area contributed by atoms with Crippen molar-refractivity contribution in [1.29, 1.82) is 0 Å². The molecule has 1 aromatic heterocycles. The summed E-state index contributed by atoms with van der Waals surface area (Å²) in [7, 11) is 0. The topological polar surface area (TPSA) is 75.3 Å². The molecular weight excluding hydrogens is 244 g/mol. The van der Waals surface area contributed by atoms with Crippen LogP contribution in [0.25, 0.3) is 0 Å². The van der Waals surface area contributed by atoms with Crippen LogP contribution in [0.1, 0.15) is 12.8 Å². The Morgan fingerprint density at radius 3 is 3.05 bits per heavy atom. The minimum absolute atomic E-state index is 0.154. The van der Waals surface area contributed by atoms with Gasteiger partial charge in [0.05, 0.1) is 6.10 Å². The SMILES string of the molecule is O=C(NCCNc1ccccn1)NC[C@@H]1CCCO1. The monoisotopic (exact) mass is 264 g/mol. The maximum Gasteiger partial charge on any atom is 0.314 e. The molecule has 1 fully saturated rings. The number of carbonyl (C=O) groups is 1. The quantitative estimate of drug-likeness (QED) is 0.669. The number of hydrogen-bond donors (Lipinski definition) is 3. The predicted octanol–water partition coefficient (Wildman–Crippen LogP) is 0.972. The van der Waals surface area contributed by atoms with Crippen LogP contribution in [-0.4, -0.2) is 43.4 Å². The Morgan fingerprint density at radius 1 is 1.37 bits per heavy atom. The first-order valence-corrected chi connectivity index (χ1v) is 6.63. The van der Waals surface area contributed by atoms with E-state index in [0.29, 0.717) is 19.6 Å². The van der Waals surface area contributed by atoms with E-state index in [9.17, 15) is 4.79 Å². The van der Waals surface area contributed by atoms with E-state index in [-0.39, 0.29) is 12.1 Å². The number of aromatic nitrogens is 1. The molecule has 104 valence electrons. The fourth-order valence-corrected chi connectivity index (χ4v) is 1.91. The standard InChI is InChI=1S/C13H20N4O2/c18-13(17-10-11-4-3-9-19-11)16-8-7-15-12-5-1-2-6-14-12/h1-2,5-6,11H,3-4,7-10H2,(H,14,15)(H2,16,17,18)/t11-/m0/s1. The van der Waals surface area contributed by atoms with Gasteiger partial charge in [-0.1, -0.05) is 6.07 Å². The Kier molecular flexibility index (Phi) is 5.43. The molecule has 1 aliphatic rings. The van der Waals surface area contributed by atoms with Crippen molar-refractivity contribution >= 4 is 11.8 Å². The van der Waals surface area contributed by atoms with Gasteiger partial charge in [0.25, 0.3) is 0 Å². The molecule has 0 radical (unpaired) electrons. The summed E-state index contributed by atoms with van der Waals surface area (Å²) in [5, 5.41) is 8.70. The Hall–Kier alpha value is -1.82. The van der Waals surface area contributed by atoms with E-state index in [0.717, 1.165) is 25.3 Å². The molecule has 1 atom stereocenters. The van der Waals surface area contributed by atoms with E-state index < -0.39 is 0 Å². The highest BCUT2D eigenvalue weighted by Crippen LogP contribution is 2.10. The molecule has 2 rings (SSSR count). The van der Waals surface area contributed by atoms with Crippen LogP contribution in [0.2, 0.25) is 0 Å². The van der Waals surface area contributed by atoms with Gasteiger partial charge in [-0.25, -0.2) is 9.78 Å². The van der Waals surface area contributed by atoms with Gasteiger partial charge in [-0.05, 0) is 25.0 Å². The molecule has 0 spiro atoms. The second-order valence-electron chi connectivity index (χ2n) is 4.41. The molecule has 2 heterocycles. The lowest BCUT2D eigenvalue weighted by molar-refractivity contribution is 0.111. The molecule has 0 unspecified atom stereocenters. The van der Waals surface area contributed by atoms with Crippen molar-refractivity contribution in [1.82, 2.24) is 15.6 Å². The van der Waals surface area contributed by atoms with Crippen LogP contribution in [0, 0.1) is 0 Å². The zero-order chi connectivity index (χ0) is 13.3. The summed E-state index contributed by atoms with van der Waals surface area (Å²) in [5.41, 5.74) is 0. The molecule has 0 aromatic carbocycles. The summed E-state index contributed by atoms with van der Waals surface area (Å²) in [6.07, 6.45) is 4.02. The van der Waals surface area contributed by atoms with Gasteiger partial charge >= 0.3 is 6.03 Å². The smallest absolute Gasteiger partial charge is 0.314 e. The van der Waals surface area contributed by atoms with E-state index in [1.165, 1.54) is 0 Å². The van der Waals surface area contributed by atoms with Crippen LogP contribution in [0.15, 0.2) is 24.4 Å². The first-order valence-electron chi connectivity index (χ1n) is 6.63. The van der Waals surface area contributed by atoms with Crippen molar-refractivity contribution in [3.05, 3.63) is 24.4 Å². The molecule has 0 aliphatic carbocycles. The van der Waals surface area contributed by atoms with Crippen LogP contribution in [-0.2, 0) is 4.74 Å². The fraction of sp³-hybridized carbons (Fsp3) is 0.538. The maximum atomic E-state index is 11.5. The number of hydrogen-bond acceptors (Lipinski definition) is 4. The van der Waals surface area contributed by atoms with Crippen LogP contribution >= 0.6 is 0 Å². The number of nitrogens with one attached hydrogen (secondary N) is 3. The number of rotatable bonds is 6. The van der Waals surface area contributed by atoms with E-state index in [4.69, 9.17) is 4.74 Å². The first kappa shape index (κ1) is 13.6. The van der Waals surface area contributed by atoms with Gasteiger partial charge in [-0.3, -0.25) is 0 Å². The summed E-state index contributed by atoms with van der Waals surface area (Å²) in [6, 6.07) is 5.51. The summed E-state index contributed by atoms with van der Waals surface area (Å²) in [5.74, 6) is 0.809. The van der Waals surface area contributed by atoms with Crippen LogP contribution in [0.3, 0.4) is 0 Å². The average Bonchev–Trinajstić information content (AvgIpc) is 2.96. The summed E-state index contributed by atoms with van der Waals surface area (Å²) in [4.78, 5) is 15.6. The molecule has 6 heteroatoms. The number of carbonyl (C=O) groups excluding carboxylic acids is 1. The van der Waals surface area contributed by atoms with Crippen molar-refractivity contribution in [3.63, 3.8) is 0 Å². The number of nitrogens with zero attached hydrogens (tertiary/aromatic N) is 1. The molecule has 2 amide bonds. The van der Waals surface area contributed by atoms with Crippen molar-refractivity contribution in [3.8, 4) is 0 Å². The summed E-state index contributed by atoms with van der Waals surface area (Å²) >= 11 is 0. The van der Waals surface area contributed by atoms with Gasteiger partial charge in [-0.2, -0.15) is 0 Å². The number of pyridine rings is 1. The third-order valence-corrected chi connectivity index (χ3v) is 2.90. The number of urea groups is 1. The molecule has 19 heavy (non-hydrogen) atoms. The van der Waals surface area contributed by atoms with Crippen LogP contribution in [0.5, 0.6) is 0 Å². The van der Waals surface area contributed by atoms with E-state index in [1.807, 2.05) is 18.2 Å². The highest BCUT2D eigenvalue weighted by Gasteiger charge is 2.15. The summed E-state index contributed by atoms with van der Waals surface area (Å²) < 4.78 is 5.42.